The molecule has 1 atom stereocenters. The first-order valence-corrected chi connectivity index (χ1v) is 5.78. The topological polar surface area (TPSA) is 38.3 Å². The normalized spacial score (nSPS) is 12.2. The Morgan fingerprint density at radius 1 is 1.53 bits per heavy atom. The van der Waals surface area contributed by atoms with E-state index in [9.17, 15) is 9.18 Å². The third-order valence-corrected chi connectivity index (χ3v) is 2.43. The van der Waals surface area contributed by atoms with Gasteiger partial charge in [0.1, 0.15) is 5.82 Å². The lowest BCUT2D eigenvalue weighted by atomic mass is 10.1. The van der Waals surface area contributed by atoms with Crippen LogP contribution < -0.4 is 5.32 Å². The number of hydrogen-bond donors (Lipinski definition) is 1. The maximum atomic E-state index is 13.0. The second kappa shape index (κ2) is 7.01. The fraction of sp³-hybridized carbons (Fsp3) is 0.462. The predicted molar refractivity (Wildman–Crippen MR) is 64.1 cm³/mol. The Morgan fingerprint density at radius 2 is 2.29 bits per heavy atom. The second-order valence-corrected chi connectivity index (χ2v) is 3.79. The molecule has 0 amide bonds. The molecule has 1 rings (SSSR count). The van der Waals surface area contributed by atoms with Crippen LogP contribution in [0.25, 0.3) is 0 Å². The number of ether oxygens (including phenoxy) is 1. The van der Waals surface area contributed by atoms with Crippen molar-refractivity contribution in [2.75, 3.05) is 13.2 Å². The van der Waals surface area contributed by atoms with E-state index in [2.05, 4.69) is 5.32 Å². The van der Waals surface area contributed by atoms with Crippen LogP contribution in [0.2, 0.25) is 0 Å². The fourth-order valence-corrected chi connectivity index (χ4v) is 1.52. The molecule has 1 N–H and O–H groups in total. The number of benzene rings is 1. The quantitative estimate of drug-likeness (QED) is 0.775. The molecule has 4 heteroatoms. The van der Waals surface area contributed by atoms with E-state index in [0.717, 1.165) is 5.56 Å². The molecule has 0 saturated carbocycles. The van der Waals surface area contributed by atoms with Crippen molar-refractivity contribution in [2.24, 2.45) is 0 Å². The molecule has 0 aliphatic carbocycles. The van der Waals surface area contributed by atoms with E-state index in [0.29, 0.717) is 19.6 Å². The fourth-order valence-electron chi connectivity index (χ4n) is 1.52. The van der Waals surface area contributed by atoms with Crippen molar-refractivity contribution in [1.29, 1.82) is 0 Å². The standard InChI is InChI=1S/C13H18FNO2/c1-3-17-13(16)7-8-15-10(2)11-5-4-6-12(14)9-11/h4-6,9-10,15H,3,7-8H2,1-2H3/t10-/m1/s1. The molecule has 0 spiro atoms. The third-order valence-electron chi connectivity index (χ3n) is 2.43. The Kier molecular flexibility index (Phi) is 5.63. The van der Waals surface area contributed by atoms with Gasteiger partial charge in [-0.05, 0) is 31.5 Å². The number of esters is 1. The number of rotatable bonds is 6. The van der Waals surface area contributed by atoms with Gasteiger partial charge in [0, 0.05) is 12.6 Å². The summed E-state index contributed by atoms with van der Waals surface area (Å²) in [6.07, 6.45) is 0.327. The van der Waals surface area contributed by atoms with Crippen molar-refractivity contribution in [3.8, 4) is 0 Å². The van der Waals surface area contributed by atoms with Crippen LogP contribution in [-0.2, 0) is 9.53 Å². The van der Waals surface area contributed by atoms with Gasteiger partial charge >= 0.3 is 5.97 Å². The summed E-state index contributed by atoms with van der Waals surface area (Å²) in [5.74, 6) is -0.465. The molecule has 0 aliphatic rings. The number of carbonyl (C=O) groups is 1. The maximum Gasteiger partial charge on any atom is 0.307 e. The minimum atomic E-state index is -0.249. The van der Waals surface area contributed by atoms with Gasteiger partial charge in [-0.15, -0.1) is 0 Å². The van der Waals surface area contributed by atoms with E-state index in [1.165, 1.54) is 12.1 Å². The number of nitrogens with one attached hydrogen (secondary N) is 1. The van der Waals surface area contributed by atoms with Crippen molar-refractivity contribution in [2.45, 2.75) is 26.3 Å². The van der Waals surface area contributed by atoms with Gasteiger partial charge in [0.05, 0.1) is 13.0 Å². The van der Waals surface area contributed by atoms with Gasteiger partial charge in [-0.1, -0.05) is 12.1 Å². The average Bonchev–Trinajstić information content (AvgIpc) is 2.29. The zero-order valence-corrected chi connectivity index (χ0v) is 10.2. The summed E-state index contributed by atoms with van der Waals surface area (Å²) in [5.41, 5.74) is 0.869. The van der Waals surface area contributed by atoms with Gasteiger partial charge in [-0.3, -0.25) is 4.79 Å². The highest BCUT2D eigenvalue weighted by molar-refractivity contribution is 5.69. The van der Waals surface area contributed by atoms with Crippen LogP contribution in [0.5, 0.6) is 0 Å². The minimum Gasteiger partial charge on any atom is -0.466 e. The van der Waals surface area contributed by atoms with Crippen LogP contribution in [0.3, 0.4) is 0 Å². The molecule has 0 saturated heterocycles. The van der Waals surface area contributed by atoms with Crippen molar-refractivity contribution >= 4 is 5.97 Å². The lowest BCUT2D eigenvalue weighted by Gasteiger charge is -2.13. The van der Waals surface area contributed by atoms with Crippen LogP contribution >= 0.6 is 0 Å². The number of halogens is 1. The van der Waals surface area contributed by atoms with Crippen LogP contribution in [0, 0.1) is 5.82 Å². The largest absolute Gasteiger partial charge is 0.466 e. The summed E-state index contributed by atoms with van der Waals surface area (Å²) < 4.78 is 17.8. The summed E-state index contributed by atoms with van der Waals surface area (Å²) in [5, 5.41) is 3.15. The van der Waals surface area contributed by atoms with Gasteiger partial charge in [0.15, 0.2) is 0 Å². The van der Waals surface area contributed by atoms with E-state index in [4.69, 9.17) is 4.74 Å². The SMILES string of the molecule is CCOC(=O)CCN[C@H](C)c1cccc(F)c1. The van der Waals surface area contributed by atoms with Crippen LogP contribution in [0.15, 0.2) is 24.3 Å². The molecule has 0 bridgehead atoms. The molecule has 1 aromatic carbocycles. The van der Waals surface area contributed by atoms with E-state index >= 15 is 0 Å². The van der Waals surface area contributed by atoms with Gasteiger partial charge in [-0.2, -0.15) is 0 Å². The van der Waals surface area contributed by atoms with Gasteiger partial charge in [0.25, 0.3) is 0 Å². The van der Waals surface area contributed by atoms with Crippen LogP contribution in [0.4, 0.5) is 4.39 Å². The Bertz CT molecular complexity index is 368. The first-order chi connectivity index (χ1) is 8.13. The zero-order valence-electron chi connectivity index (χ0n) is 10.2. The van der Waals surface area contributed by atoms with Crippen LogP contribution in [0.1, 0.15) is 31.9 Å². The molecule has 0 radical (unpaired) electrons. The minimum absolute atomic E-state index is 0.0140. The average molecular weight is 239 g/mol. The molecule has 0 aliphatic heterocycles. The van der Waals surface area contributed by atoms with Gasteiger partial charge < -0.3 is 10.1 Å². The van der Waals surface area contributed by atoms with Crippen molar-refractivity contribution in [3.05, 3.63) is 35.6 Å². The van der Waals surface area contributed by atoms with E-state index in [-0.39, 0.29) is 17.8 Å². The van der Waals surface area contributed by atoms with E-state index in [1.54, 1.807) is 13.0 Å². The molecular formula is C13H18FNO2. The molecule has 3 nitrogen and oxygen atoms in total. The number of hydrogen-bond acceptors (Lipinski definition) is 3. The zero-order chi connectivity index (χ0) is 12.7. The van der Waals surface area contributed by atoms with E-state index < -0.39 is 0 Å². The summed E-state index contributed by atoms with van der Waals surface area (Å²) in [6.45, 7) is 4.63. The second-order valence-electron chi connectivity index (χ2n) is 3.79. The van der Waals surface area contributed by atoms with E-state index in [1.807, 2.05) is 13.0 Å². The Hall–Kier alpha value is -1.42. The molecule has 0 unspecified atom stereocenters. The predicted octanol–water partition coefficient (Wildman–Crippen LogP) is 2.43. The van der Waals surface area contributed by atoms with Crippen molar-refractivity contribution in [1.82, 2.24) is 5.32 Å². The summed E-state index contributed by atoms with van der Waals surface area (Å²) >= 11 is 0. The molecule has 94 valence electrons. The summed E-state index contributed by atoms with van der Waals surface area (Å²) in [7, 11) is 0. The first kappa shape index (κ1) is 13.6. The van der Waals surface area contributed by atoms with Crippen LogP contribution in [-0.4, -0.2) is 19.1 Å². The maximum absolute atomic E-state index is 13.0. The molecule has 17 heavy (non-hydrogen) atoms. The molecule has 0 aromatic heterocycles. The first-order valence-electron chi connectivity index (χ1n) is 5.78. The highest BCUT2D eigenvalue weighted by Crippen LogP contribution is 2.13. The molecular weight excluding hydrogens is 221 g/mol. The molecule has 0 heterocycles. The third kappa shape index (κ3) is 4.95. The molecule has 0 fully saturated rings. The number of carbonyl (C=O) groups excluding carboxylic acids is 1. The lowest BCUT2D eigenvalue weighted by molar-refractivity contribution is -0.143. The van der Waals surface area contributed by atoms with Crippen molar-refractivity contribution < 1.29 is 13.9 Å². The van der Waals surface area contributed by atoms with Gasteiger partial charge in [0.2, 0.25) is 0 Å². The van der Waals surface area contributed by atoms with Crippen molar-refractivity contribution in [3.63, 3.8) is 0 Å². The Balaban J connectivity index is 2.35. The highest BCUT2D eigenvalue weighted by atomic mass is 19.1. The Morgan fingerprint density at radius 3 is 2.94 bits per heavy atom. The molecule has 1 aromatic rings. The highest BCUT2D eigenvalue weighted by Gasteiger charge is 2.07. The summed E-state index contributed by atoms with van der Waals surface area (Å²) in [6, 6.07) is 6.44. The monoisotopic (exact) mass is 239 g/mol. The van der Waals surface area contributed by atoms with Gasteiger partial charge in [-0.25, -0.2) is 4.39 Å². The Labute approximate surface area is 101 Å². The lowest BCUT2D eigenvalue weighted by Crippen LogP contribution is -2.22. The summed E-state index contributed by atoms with van der Waals surface area (Å²) in [4.78, 5) is 11.1. The smallest absolute Gasteiger partial charge is 0.307 e.